The number of rotatable bonds is 3. The Morgan fingerprint density at radius 3 is 0.867 bits per heavy atom. The van der Waals surface area contributed by atoms with E-state index in [1.54, 1.807) is 0 Å². The minimum atomic E-state index is 0.699. The van der Waals surface area contributed by atoms with Crippen LogP contribution in [0.1, 0.15) is 0 Å². The summed E-state index contributed by atoms with van der Waals surface area (Å²) in [7, 11) is 0. The normalized spacial score (nSPS) is 12.3. The molecule has 0 atom stereocenters. The molecule has 3 nitrogen and oxygen atoms in total. The van der Waals surface area contributed by atoms with Gasteiger partial charge in [0.1, 0.15) is 0 Å². The van der Waals surface area contributed by atoms with Crippen molar-refractivity contribution in [1.29, 1.82) is 0 Å². The fourth-order valence-corrected chi connectivity index (χ4v) is 7.66. The number of hydrogen-bond acceptors (Lipinski definition) is 3. The summed E-state index contributed by atoms with van der Waals surface area (Å²) in [6, 6.07) is 30.6. The Kier molecular flexibility index (Phi) is 5.17. The molecule has 0 saturated carbocycles. The summed E-state index contributed by atoms with van der Waals surface area (Å²) in [5.74, 6) is 0. The van der Waals surface area contributed by atoms with Crippen LogP contribution < -0.4 is 0 Å². The van der Waals surface area contributed by atoms with Crippen LogP contribution in [0.2, 0.25) is 15.1 Å². The van der Waals surface area contributed by atoms with E-state index in [1.807, 2.05) is 55.0 Å². The molecular weight excluding hydrogens is 617 g/mol. The average Bonchev–Trinajstić information content (AvgIpc) is 3.07. The van der Waals surface area contributed by atoms with Crippen molar-refractivity contribution in [3.63, 3.8) is 0 Å². The summed E-state index contributed by atoms with van der Waals surface area (Å²) in [4.78, 5) is 15.5. The van der Waals surface area contributed by atoms with Gasteiger partial charge in [0.2, 0.25) is 0 Å². The standard InChI is InChI=1S/C39H18Cl3N3/c40-25-7-1-19(2-8-25)28-13-22-16-44-38-30(21-5-11-27(42)12-6-21)15-24-18-45-39-29(20-3-9-26(41)10-4-20)14-23-17-43-37(28)34-31(22)35(38)33(24)36(39)32(23)34/h1-18H. The van der Waals surface area contributed by atoms with E-state index >= 15 is 0 Å². The van der Waals surface area contributed by atoms with Gasteiger partial charge in [0, 0.05) is 98.8 Å². The van der Waals surface area contributed by atoms with Crippen molar-refractivity contribution in [3.05, 3.63) is 125 Å². The number of benzene rings is 7. The lowest BCUT2D eigenvalue weighted by molar-refractivity contribution is 1.42. The third kappa shape index (κ3) is 3.52. The third-order valence-electron chi connectivity index (χ3n) is 9.21. The predicted molar refractivity (Wildman–Crippen MR) is 190 cm³/mol. The van der Waals surface area contributed by atoms with E-state index in [1.165, 1.54) is 16.2 Å². The number of pyridine rings is 3. The van der Waals surface area contributed by atoms with E-state index in [2.05, 4.69) is 54.6 Å². The second kappa shape index (κ2) is 9.12. The van der Waals surface area contributed by atoms with Gasteiger partial charge >= 0.3 is 0 Å². The zero-order chi connectivity index (χ0) is 30.0. The molecule has 0 saturated heterocycles. The van der Waals surface area contributed by atoms with Crippen molar-refractivity contribution in [2.24, 2.45) is 0 Å². The maximum atomic E-state index is 6.29. The van der Waals surface area contributed by atoms with Gasteiger partial charge in [0.05, 0.1) is 16.6 Å². The van der Waals surface area contributed by atoms with Gasteiger partial charge in [-0.1, -0.05) is 71.2 Å². The van der Waals surface area contributed by atoms with Gasteiger partial charge in [0.25, 0.3) is 0 Å². The molecule has 3 heterocycles. The number of hydrogen-bond donors (Lipinski definition) is 0. The van der Waals surface area contributed by atoms with Crippen LogP contribution >= 0.6 is 34.8 Å². The van der Waals surface area contributed by atoms with Crippen LogP contribution in [0, 0.1) is 0 Å². The van der Waals surface area contributed by atoms with E-state index in [0.717, 1.165) is 82.2 Å². The molecule has 0 unspecified atom stereocenters. The Labute approximate surface area is 271 Å². The molecule has 0 amide bonds. The van der Waals surface area contributed by atoms with Crippen LogP contribution in [0.5, 0.6) is 0 Å². The Balaban J connectivity index is 1.46. The highest BCUT2D eigenvalue weighted by atomic mass is 35.5. The van der Waals surface area contributed by atoms with Gasteiger partial charge < -0.3 is 0 Å². The molecule has 45 heavy (non-hydrogen) atoms. The molecule has 210 valence electrons. The summed E-state index contributed by atoms with van der Waals surface area (Å²) < 4.78 is 0. The number of halogens is 3. The van der Waals surface area contributed by atoms with Gasteiger partial charge in [0.15, 0.2) is 0 Å². The van der Waals surface area contributed by atoms with Crippen molar-refractivity contribution in [2.45, 2.75) is 0 Å². The zero-order valence-electron chi connectivity index (χ0n) is 23.4. The van der Waals surface area contributed by atoms with Crippen molar-refractivity contribution in [2.75, 3.05) is 0 Å². The molecule has 0 aliphatic carbocycles. The highest BCUT2D eigenvalue weighted by Crippen LogP contribution is 2.52. The van der Waals surface area contributed by atoms with E-state index in [0.29, 0.717) is 15.1 Å². The van der Waals surface area contributed by atoms with Crippen LogP contribution in [0.25, 0.3) is 98.4 Å². The van der Waals surface area contributed by atoms with Gasteiger partial charge in [-0.25, -0.2) is 0 Å². The molecule has 0 N–H and O–H groups in total. The Hall–Kier alpha value is -4.80. The fraction of sp³-hybridized carbons (Fsp3) is 0. The summed E-state index contributed by atoms with van der Waals surface area (Å²) >= 11 is 18.9. The van der Waals surface area contributed by atoms with Crippen molar-refractivity contribution < 1.29 is 0 Å². The van der Waals surface area contributed by atoms with Gasteiger partial charge in [-0.15, -0.1) is 0 Å². The molecule has 10 aromatic rings. The average molecular weight is 635 g/mol. The molecule has 0 fully saturated rings. The lowest BCUT2D eigenvalue weighted by Crippen LogP contribution is -1.99. The van der Waals surface area contributed by atoms with Gasteiger partial charge in [-0.05, 0) is 71.3 Å². The van der Waals surface area contributed by atoms with Crippen molar-refractivity contribution in [3.8, 4) is 33.4 Å². The minimum absolute atomic E-state index is 0.699. The monoisotopic (exact) mass is 633 g/mol. The lowest BCUT2D eigenvalue weighted by Gasteiger charge is -2.23. The van der Waals surface area contributed by atoms with E-state index in [9.17, 15) is 0 Å². The second-order valence-corrected chi connectivity index (χ2v) is 12.9. The summed E-state index contributed by atoms with van der Waals surface area (Å²) in [5, 5.41) is 12.2. The topological polar surface area (TPSA) is 38.7 Å². The molecule has 6 heteroatoms. The quantitative estimate of drug-likeness (QED) is 0.143. The van der Waals surface area contributed by atoms with Crippen LogP contribution in [-0.4, -0.2) is 15.0 Å². The third-order valence-corrected chi connectivity index (χ3v) is 9.96. The Bertz CT molecular complexity index is 2420. The van der Waals surface area contributed by atoms with Crippen molar-refractivity contribution >= 4 is 99.8 Å². The molecular formula is C39H18Cl3N3. The summed E-state index contributed by atoms with van der Waals surface area (Å²) in [5.41, 5.74) is 9.15. The van der Waals surface area contributed by atoms with Gasteiger partial charge in [-0.3, -0.25) is 15.0 Å². The summed E-state index contributed by atoms with van der Waals surface area (Å²) in [6.45, 7) is 0. The first-order valence-corrected chi connectivity index (χ1v) is 15.7. The molecule has 0 radical (unpaired) electrons. The highest BCUT2D eigenvalue weighted by Gasteiger charge is 2.26. The van der Waals surface area contributed by atoms with Gasteiger partial charge in [-0.2, -0.15) is 0 Å². The van der Waals surface area contributed by atoms with Crippen molar-refractivity contribution in [1.82, 2.24) is 15.0 Å². The molecule has 0 aliphatic rings. The number of aromatic nitrogens is 3. The molecule has 0 aliphatic heterocycles. The maximum Gasteiger partial charge on any atom is 0.0793 e. The lowest BCUT2D eigenvalue weighted by atomic mass is 9.82. The van der Waals surface area contributed by atoms with Crippen LogP contribution in [0.3, 0.4) is 0 Å². The molecule has 0 spiro atoms. The minimum Gasteiger partial charge on any atom is -0.255 e. The second-order valence-electron chi connectivity index (χ2n) is 11.6. The SMILES string of the molecule is Clc1ccc(-c2cc3cnc4c(-c5ccc(Cl)cc5)cc5cnc6c(-c7ccc(Cl)cc7)cc7cnc2c2c7c6c5c4c32)cc1. The molecule has 7 aromatic carbocycles. The first-order chi connectivity index (χ1) is 22.0. The van der Waals surface area contributed by atoms with Crippen LogP contribution in [0.4, 0.5) is 0 Å². The molecule has 10 rings (SSSR count). The predicted octanol–water partition coefficient (Wildman–Crippen LogP) is 12.1. The highest BCUT2D eigenvalue weighted by molar-refractivity contribution is 6.46. The van der Waals surface area contributed by atoms with Crippen LogP contribution in [-0.2, 0) is 0 Å². The van der Waals surface area contributed by atoms with E-state index in [4.69, 9.17) is 49.8 Å². The smallest absolute Gasteiger partial charge is 0.0793 e. The first-order valence-electron chi connectivity index (χ1n) is 14.6. The Morgan fingerprint density at radius 1 is 0.333 bits per heavy atom. The zero-order valence-corrected chi connectivity index (χ0v) is 25.6. The van der Waals surface area contributed by atoms with Crippen LogP contribution in [0.15, 0.2) is 110 Å². The fourth-order valence-electron chi connectivity index (χ4n) is 7.28. The van der Waals surface area contributed by atoms with E-state index < -0.39 is 0 Å². The molecule has 3 aromatic heterocycles. The Morgan fingerprint density at radius 2 is 0.600 bits per heavy atom. The van der Waals surface area contributed by atoms with E-state index in [-0.39, 0.29) is 0 Å². The first kappa shape index (κ1) is 25.5. The summed E-state index contributed by atoms with van der Waals surface area (Å²) in [6.07, 6.45) is 6.02. The molecule has 0 bridgehead atoms. The largest absolute Gasteiger partial charge is 0.255 e. The number of nitrogens with zero attached hydrogens (tertiary/aromatic N) is 3. The maximum absolute atomic E-state index is 6.29.